The van der Waals surface area contributed by atoms with Crippen LogP contribution in [-0.4, -0.2) is 49.8 Å². The van der Waals surface area contributed by atoms with Gasteiger partial charge in [-0.05, 0) is 0 Å². The molecule has 0 aromatic carbocycles. The largest absolute Gasteiger partial charge is 0.424 e. The van der Waals surface area contributed by atoms with E-state index in [0.717, 1.165) is 0 Å². The van der Waals surface area contributed by atoms with E-state index in [9.17, 15) is 44.7 Å². The highest BCUT2D eigenvalue weighted by molar-refractivity contribution is 5.91. The normalized spacial score (nSPS) is 17.4. The maximum atomic E-state index is 12.6. The summed E-state index contributed by atoms with van der Waals surface area (Å²) in [7, 11) is 0. The second-order valence-electron chi connectivity index (χ2n) is 3.47. The zero-order chi connectivity index (χ0) is 17.4. The van der Waals surface area contributed by atoms with E-state index >= 15 is 0 Å². The average molecular weight is 344 g/mol. The van der Waals surface area contributed by atoms with Gasteiger partial charge in [0.05, 0.1) is 0 Å². The molecule has 0 aliphatic rings. The zero-order valence-electron chi connectivity index (χ0n) is 10.3. The van der Waals surface area contributed by atoms with Crippen LogP contribution in [0.1, 0.15) is 0 Å². The van der Waals surface area contributed by atoms with Crippen molar-refractivity contribution in [2.45, 2.75) is 37.9 Å². The van der Waals surface area contributed by atoms with Gasteiger partial charge in [-0.1, -0.05) is 0 Å². The molecule has 4 atom stereocenters. The van der Waals surface area contributed by atoms with E-state index in [-0.39, 0.29) is 12.2 Å². The van der Waals surface area contributed by atoms with Gasteiger partial charge in [0, 0.05) is 12.2 Å². The van der Waals surface area contributed by atoms with Crippen LogP contribution in [0.2, 0.25) is 0 Å². The number of rotatable bonds is 8. The molecule has 0 heterocycles. The molecule has 0 aromatic heterocycles. The Morgan fingerprint density at radius 1 is 0.636 bits per heavy atom. The second kappa shape index (κ2) is 9.20. The highest BCUT2D eigenvalue weighted by atomic mass is 19.3. The summed E-state index contributed by atoms with van der Waals surface area (Å²) < 4.78 is 104. The van der Waals surface area contributed by atoms with Crippen molar-refractivity contribution in [2.24, 2.45) is 0 Å². The van der Waals surface area contributed by atoms with Gasteiger partial charge >= 0.3 is 11.9 Å². The van der Waals surface area contributed by atoms with Crippen LogP contribution in [-0.2, 0) is 19.1 Å². The quantitative estimate of drug-likeness (QED) is 0.386. The number of alkyl halides is 8. The number of carbonyl (C=O) groups excluding carboxylic acids is 2. The number of halogens is 8. The predicted molar refractivity (Wildman–Crippen MR) is 52.9 cm³/mol. The molecule has 12 heteroatoms. The molecule has 0 saturated heterocycles. The van der Waals surface area contributed by atoms with E-state index in [1.165, 1.54) is 0 Å². The van der Waals surface area contributed by atoms with Gasteiger partial charge in [-0.3, -0.25) is 0 Å². The lowest BCUT2D eigenvalue weighted by Crippen LogP contribution is -2.30. The molecular weight excluding hydrogens is 336 g/mol. The number of hydrogen-bond donors (Lipinski definition) is 0. The number of ether oxygens (including phenoxy) is 2. The van der Waals surface area contributed by atoms with E-state index in [0.29, 0.717) is 0 Å². The van der Waals surface area contributed by atoms with Gasteiger partial charge in [-0.25, -0.2) is 35.9 Å². The molecule has 0 aliphatic heterocycles. The summed E-state index contributed by atoms with van der Waals surface area (Å²) in [6.07, 6.45) is -21.1. The zero-order valence-corrected chi connectivity index (χ0v) is 10.3. The molecule has 0 amide bonds. The summed E-state index contributed by atoms with van der Waals surface area (Å²) in [4.78, 5) is 21.5. The lowest BCUT2D eigenvalue weighted by atomic mass is 10.4. The van der Waals surface area contributed by atoms with Crippen LogP contribution >= 0.6 is 0 Å². The highest BCUT2D eigenvalue weighted by Gasteiger charge is 2.33. The van der Waals surface area contributed by atoms with Gasteiger partial charge in [0.1, 0.15) is 0 Å². The van der Waals surface area contributed by atoms with Crippen LogP contribution in [0, 0.1) is 0 Å². The molecule has 0 N–H and O–H groups in total. The molecule has 0 aromatic rings. The Kier molecular flexibility index (Phi) is 8.42. The molecule has 0 saturated carbocycles. The van der Waals surface area contributed by atoms with Crippen LogP contribution in [0.3, 0.4) is 0 Å². The van der Waals surface area contributed by atoms with Crippen molar-refractivity contribution in [1.29, 1.82) is 0 Å². The van der Waals surface area contributed by atoms with Gasteiger partial charge in [0.25, 0.3) is 25.6 Å². The van der Waals surface area contributed by atoms with Crippen molar-refractivity contribution in [3.8, 4) is 0 Å². The smallest absolute Gasteiger partial charge is 0.333 e. The van der Waals surface area contributed by atoms with E-state index in [4.69, 9.17) is 0 Å². The maximum Gasteiger partial charge on any atom is 0.333 e. The Morgan fingerprint density at radius 2 is 0.909 bits per heavy atom. The fraction of sp³-hybridized carbons (Fsp3) is 0.600. The Balaban J connectivity index is 4.35. The molecule has 128 valence electrons. The molecule has 0 rings (SSSR count). The Morgan fingerprint density at radius 3 is 1.14 bits per heavy atom. The molecule has 0 radical (unpaired) electrons. The summed E-state index contributed by atoms with van der Waals surface area (Å²) in [5.74, 6) is -3.65. The summed E-state index contributed by atoms with van der Waals surface area (Å²) in [5, 5.41) is 0. The first kappa shape index (κ1) is 20.1. The van der Waals surface area contributed by atoms with E-state index < -0.39 is 49.8 Å². The minimum absolute atomic E-state index is 0.00936. The Labute approximate surface area is 117 Å². The predicted octanol–water partition coefficient (Wildman–Crippen LogP) is 2.43. The number of carbonyl (C=O) groups is 2. The standard InChI is InChI=1S/C10H8F8O4/c11-5(7(13)14)9(17)21-3(19)1-2-4(20)22-10(18)6(12)8(15)16/h1-2,5-10H. The van der Waals surface area contributed by atoms with Crippen molar-refractivity contribution >= 4 is 11.9 Å². The summed E-state index contributed by atoms with van der Waals surface area (Å²) >= 11 is 0. The number of esters is 2. The van der Waals surface area contributed by atoms with E-state index in [1.54, 1.807) is 0 Å². The van der Waals surface area contributed by atoms with Crippen LogP contribution in [0.15, 0.2) is 12.2 Å². The molecule has 0 spiro atoms. The Hall–Kier alpha value is -1.88. The second-order valence-corrected chi connectivity index (χ2v) is 3.47. The van der Waals surface area contributed by atoms with E-state index in [2.05, 4.69) is 9.47 Å². The minimum Gasteiger partial charge on any atom is -0.424 e. The van der Waals surface area contributed by atoms with Crippen LogP contribution < -0.4 is 0 Å². The van der Waals surface area contributed by atoms with Gasteiger partial charge < -0.3 is 9.47 Å². The third-order valence-corrected chi connectivity index (χ3v) is 1.80. The molecule has 0 fully saturated rings. The topological polar surface area (TPSA) is 52.6 Å². The van der Waals surface area contributed by atoms with Gasteiger partial charge in [-0.15, -0.1) is 0 Å². The van der Waals surface area contributed by atoms with Gasteiger partial charge in [0.2, 0.25) is 12.3 Å². The minimum atomic E-state index is -3.78. The van der Waals surface area contributed by atoms with Crippen LogP contribution in [0.25, 0.3) is 0 Å². The average Bonchev–Trinajstić information content (AvgIpc) is 2.42. The van der Waals surface area contributed by atoms with Crippen molar-refractivity contribution in [1.82, 2.24) is 0 Å². The molecular formula is C10H8F8O4. The third-order valence-electron chi connectivity index (χ3n) is 1.80. The first-order chi connectivity index (χ1) is 10.1. The Bertz CT molecular complexity index is 366. The molecule has 0 bridgehead atoms. The third kappa shape index (κ3) is 7.22. The van der Waals surface area contributed by atoms with Gasteiger partial charge in [0.15, 0.2) is 0 Å². The molecule has 4 unspecified atom stereocenters. The van der Waals surface area contributed by atoms with Crippen molar-refractivity contribution in [3.63, 3.8) is 0 Å². The molecule has 22 heavy (non-hydrogen) atoms. The van der Waals surface area contributed by atoms with Crippen molar-refractivity contribution in [2.75, 3.05) is 0 Å². The van der Waals surface area contributed by atoms with Crippen LogP contribution in [0.5, 0.6) is 0 Å². The summed E-state index contributed by atoms with van der Waals surface area (Å²) in [6.45, 7) is 0. The van der Waals surface area contributed by atoms with Crippen molar-refractivity contribution < 1.29 is 54.2 Å². The molecule has 0 aliphatic carbocycles. The summed E-state index contributed by atoms with van der Waals surface area (Å²) in [5.41, 5.74) is 0. The van der Waals surface area contributed by atoms with Gasteiger partial charge in [-0.2, -0.15) is 8.78 Å². The molecule has 4 nitrogen and oxygen atoms in total. The monoisotopic (exact) mass is 344 g/mol. The first-order valence-electron chi connectivity index (χ1n) is 5.28. The van der Waals surface area contributed by atoms with E-state index in [1.807, 2.05) is 0 Å². The highest BCUT2D eigenvalue weighted by Crippen LogP contribution is 2.15. The lowest BCUT2D eigenvalue weighted by Gasteiger charge is -2.12. The fourth-order valence-corrected chi connectivity index (χ4v) is 0.795. The lowest BCUT2D eigenvalue weighted by molar-refractivity contribution is -0.169. The maximum absolute atomic E-state index is 12.6. The van der Waals surface area contributed by atoms with Crippen molar-refractivity contribution in [3.05, 3.63) is 12.2 Å². The SMILES string of the molecule is O=C(C=CC(=O)OC(F)C(F)C(F)F)OC(F)C(F)C(F)F. The van der Waals surface area contributed by atoms with Crippen LogP contribution in [0.4, 0.5) is 35.1 Å². The number of hydrogen-bond acceptors (Lipinski definition) is 4. The first-order valence-corrected chi connectivity index (χ1v) is 5.28. The summed E-state index contributed by atoms with van der Waals surface area (Å²) in [6, 6.07) is 0. The fourth-order valence-electron chi connectivity index (χ4n) is 0.795.